The van der Waals surface area contributed by atoms with Gasteiger partial charge in [0.25, 0.3) is 0 Å². The maximum atomic E-state index is 6.02. The maximum Gasteiger partial charge on any atom is 0.0964 e. The highest BCUT2D eigenvalue weighted by molar-refractivity contribution is 7.19. The first kappa shape index (κ1) is 10.8. The highest BCUT2D eigenvalue weighted by Gasteiger charge is 2.08. The number of benzene rings is 1. The van der Waals surface area contributed by atoms with E-state index in [1.54, 1.807) is 12.1 Å². The molecule has 4 heteroatoms. The van der Waals surface area contributed by atoms with E-state index in [4.69, 9.17) is 28.9 Å². The quantitative estimate of drug-likeness (QED) is 0.742. The van der Waals surface area contributed by atoms with Crippen LogP contribution in [-0.2, 0) is 0 Å². The van der Waals surface area contributed by atoms with E-state index in [1.165, 1.54) is 11.3 Å². The summed E-state index contributed by atoms with van der Waals surface area (Å²) in [6.45, 7) is 1.98. The van der Waals surface area contributed by atoms with Crippen molar-refractivity contribution >= 4 is 40.2 Å². The number of rotatable bonds is 1. The van der Waals surface area contributed by atoms with Gasteiger partial charge in [-0.1, -0.05) is 23.2 Å². The lowest BCUT2D eigenvalue weighted by atomic mass is 10.1. The molecule has 0 atom stereocenters. The Kier molecular flexibility index (Phi) is 2.91. The van der Waals surface area contributed by atoms with Crippen molar-refractivity contribution in [2.24, 2.45) is 0 Å². The first-order valence-corrected chi connectivity index (χ1v) is 5.96. The Labute approximate surface area is 102 Å². The Morgan fingerprint density at radius 2 is 1.93 bits per heavy atom. The number of thiophene rings is 1. The molecule has 2 N–H and O–H groups in total. The topological polar surface area (TPSA) is 26.0 Å². The van der Waals surface area contributed by atoms with Crippen LogP contribution in [0, 0.1) is 6.92 Å². The molecule has 15 heavy (non-hydrogen) atoms. The van der Waals surface area contributed by atoms with Gasteiger partial charge >= 0.3 is 0 Å². The zero-order chi connectivity index (χ0) is 11.0. The Morgan fingerprint density at radius 3 is 2.53 bits per heavy atom. The second kappa shape index (κ2) is 4.05. The van der Waals surface area contributed by atoms with E-state index in [1.807, 2.05) is 19.1 Å². The summed E-state index contributed by atoms with van der Waals surface area (Å²) in [4.78, 5) is 1.05. The van der Waals surface area contributed by atoms with Crippen molar-refractivity contribution in [1.82, 2.24) is 0 Å². The van der Waals surface area contributed by atoms with Crippen LogP contribution in [0.15, 0.2) is 24.3 Å². The second-order valence-corrected chi connectivity index (χ2v) is 5.39. The van der Waals surface area contributed by atoms with Crippen molar-refractivity contribution in [3.8, 4) is 10.4 Å². The molecule has 0 radical (unpaired) electrons. The first-order chi connectivity index (χ1) is 7.08. The second-order valence-electron chi connectivity index (χ2n) is 3.30. The fourth-order valence-electron chi connectivity index (χ4n) is 1.33. The first-order valence-electron chi connectivity index (χ1n) is 4.39. The third kappa shape index (κ3) is 2.12. The standard InChI is InChI=1S/C11H9Cl2NS/c1-6-4-10(15-11(6)13)8-5-7(12)2-3-9(8)14/h2-5H,14H2,1H3. The van der Waals surface area contributed by atoms with Crippen LogP contribution in [0.5, 0.6) is 0 Å². The third-order valence-corrected chi connectivity index (χ3v) is 3.96. The minimum absolute atomic E-state index is 0.682. The van der Waals surface area contributed by atoms with Gasteiger partial charge in [-0.25, -0.2) is 0 Å². The van der Waals surface area contributed by atoms with Gasteiger partial charge in [-0.2, -0.15) is 0 Å². The lowest BCUT2D eigenvalue weighted by molar-refractivity contribution is 1.55. The SMILES string of the molecule is Cc1cc(-c2cc(Cl)ccc2N)sc1Cl. The van der Waals surface area contributed by atoms with Crippen LogP contribution < -0.4 is 5.73 Å². The van der Waals surface area contributed by atoms with Gasteiger partial charge in [0.15, 0.2) is 0 Å². The Balaban J connectivity index is 2.58. The molecule has 0 unspecified atom stereocenters. The van der Waals surface area contributed by atoms with Gasteiger partial charge in [0.1, 0.15) is 0 Å². The van der Waals surface area contributed by atoms with Crippen LogP contribution in [0.3, 0.4) is 0 Å². The molecule has 0 amide bonds. The summed E-state index contributed by atoms with van der Waals surface area (Å²) in [5.41, 5.74) is 8.62. The Bertz CT molecular complexity index is 486. The predicted octanol–water partition coefficient (Wildman–Crippen LogP) is 4.61. The number of aryl methyl sites for hydroxylation is 1. The Morgan fingerprint density at radius 1 is 1.20 bits per heavy atom. The molecule has 0 aliphatic carbocycles. The number of halogens is 2. The summed E-state index contributed by atoms with van der Waals surface area (Å²) in [7, 11) is 0. The van der Waals surface area contributed by atoms with Crippen molar-refractivity contribution in [2.75, 3.05) is 5.73 Å². The summed E-state index contributed by atoms with van der Waals surface area (Å²) in [5, 5.41) is 0.682. The van der Waals surface area contributed by atoms with Crippen molar-refractivity contribution in [3.63, 3.8) is 0 Å². The van der Waals surface area contributed by atoms with E-state index >= 15 is 0 Å². The largest absolute Gasteiger partial charge is 0.398 e. The average Bonchev–Trinajstić information content (AvgIpc) is 2.51. The lowest BCUT2D eigenvalue weighted by Gasteiger charge is -2.02. The maximum absolute atomic E-state index is 6.02. The summed E-state index contributed by atoms with van der Waals surface area (Å²) >= 11 is 13.5. The molecule has 0 bridgehead atoms. The molecule has 2 aromatic rings. The summed E-state index contributed by atoms with van der Waals surface area (Å²) in [5.74, 6) is 0. The van der Waals surface area contributed by atoms with Crippen molar-refractivity contribution < 1.29 is 0 Å². The monoisotopic (exact) mass is 257 g/mol. The van der Waals surface area contributed by atoms with Crippen LogP contribution in [0.25, 0.3) is 10.4 Å². The minimum Gasteiger partial charge on any atom is -0.398 e. The normalized spacial score (nSPS) is 10.6. The van der Waals surface area contributed by atoms with Crippen molar-refractivity contribution in [3.05, 3.63) is 39.2 Å². The van der Waals surface area contributed by atoms with E-state index in [-0.39, 0.29) is 0 Å². The van der Waals surface area contributed by atoms with Crippen LogP contribution in [-0.4, -0.2) is 0 Å². The van der Waals surface area contributed by atoms with Crippen molar-refractivity contribution in [1.29, 1.82) is 0 Å². The summed E-state index contributed by atoms with van der Waals surface area (Å²) in [6, 6.07) is 7.47. The molecule has 0 saturated carbocycles. The zero-order valence-electron chi connectivity index (χ0n) is 8.05. The molecule has 78 valence electrons. The molecule has 0 aliphatic rings. The number of nitrogen functional groups attached to an aromatic ring is 1. The molecular weight excluding hydrogens is 249 g/mol. The summed E-state index contributed by atoms with van der Waals surface area (Å²) in [6.07, 6.45) is 0. The summed E-state index contributed by atoms with van der Waals surface area (Å²) < 4.78 is 0.796. The highest BCUT2D eigenvalue weighted by atomic mass is 35.5. The molecule has 1 heterocycles. The smallest absolute Gasteiger partial charge is 0.0964 e. The van der Waals surface area contributed by atoms with E-state index in [0.717, 1.165) is 26.0 Å². The number of hydrogen-bond donors (Lipinski definition) is 1. The third-order valence-electron chi connectivity index (χ3n) is 2.14. The fraction of sp³-hybridized carbons (Fsp3) is 0.0909. The average molecular weight is 258 g/mol. The van der Waals surface area contributed by atoms with Gasteiger partial charge in [-0.3, -0.25) is 0 Å². The van der Waals surface area contributed by atoms with Gasteiger partial charge in [0.2, 0.25) is 0 Å². The van der Waals surface area contributed by atoms with Gasteiger partial charge < -0.3 is 5.73 Å². The van der Waals surface area contributed by atoms with Crippen molar-refractivity contribution in [2.45, 2.75) is 6.92 Å². The van der Waals surface area contributed by atoms with Crippen LogP contribution in [0.4, 0.5) is 5.69 Å². The highest BCUT2D eigenvalue weighted by Crippen LogP contribution is 2.38. The van der Waals surface area contributed by atoms with E-state index < -0.39 is 0 Å². The van der Waals surface area contributed by atoms with Crippen LogP contribution >= 0.6 is 34.5 Å². The molecule has 1 aromatic heterocycles. The number of hydrogen-bond acceptors (Lipinski definition) is 2. The van der Waals surface area contributed by atoms with Crippen LogP contribution in [0.2, 0.25) is 9.36 Å². The minimum atomic E-state index is 0.682. The molecule has 1 nitrogen and oxygen atoms in total. The zero-order valence-corrected chi connectivity index (χ0v) is 10.4. The van der Waals surface area contributed by atoms with E-state index in [2.05, 4.69) is 0 Å². The van der Waals surface area contributed by atoms with Gasteiger partial charge in [0, 0.05) is 21.2 Å². The number of anilines is 1. The van der Waals surface area contributed by atoms with E-state index in [9.17, 15) is 0 Å². The number of nitrogens with two attached hydrogens (primary N) is 1. The molecule has 2 rings (SSSR count). The molecule has 0 saturated heterocycles. The lowest BCUT2D eigenvalue weighted by Crippen LogP contribution is -1.87. The molecule has 0 aliphatic heterocycles. The van der Waals surface area contributed by atoms with Crippen LogP contribution in [0.1, 0.15) is 5.56 Å². The van der Waals surface area contributed by atoms with Gasteiger partial charge in [-0.15, -0.1) is 11.3 Å². The van der Waals surface area contributed by atoms with Gasteiger partial charge in [0.05, 0.1) is 4.34 Å². The molecular formula is C11H9Cl2NS. The molecule has 0 spiro atoms. The van der Waals surface area contributed by atoms with E-state index in [0.29, 0.717) is 5.02 Å². The van der Waals surface area contributed by atoms with Gasteiger partial charge in [-0.05, 0) is 36.8 Å². The predicted molar refractivity (Wildman–Crippen MR) is 68.9 cm³/mol. The fourth-order valence-corrected chi connectivity index (χ4v) is 2.75. The molecule has 0 fully saturated rings. The molecule has 1 aromatic carbocycles. The Hall–Kier alpha value is -0.700.